The van der Waals surface area contributed by atoms with E-state index in [0.29, 0.717) is 6.04 Å². The van der Waals surface area contributed by atoms with Gasteiger partial charge in [0.2, 0.25) is 0 Å². The van der Waals surface area contributed by atoms with Gasteiger partial charge in [-0.1, -0.05) is 20.8 Å². The van der Waals surface area contributed by atoms with Crippen LogP contribution in [-0.2, 0) is 0 Å². The van der Waals surface area contributed by atoms with Gasteiger partial charge in [-0.05, 0) is 26.2 Å². The van der Waals surface area contributed by atoms with Gasteiger partial charge in [-0.15, -0.1) is 0 Å². The van der Waals surface area contributed by atoms with Gasteiger partial charge in [-0.3, -0.25) is 0 Å². The summed E-state index contributed by atoms with van der Waals surface area (Å²) in [6, 6.07) is 2.42. The molecular weight excluding hydrogens is 224 g/mol. The summed E-state index contributed by atoms with van der Waals surface area (Å²) >= 11 is 0. The lowest BCUT2D eigenvalue weighted by Crippen LogP contribution is -2.40. The van der Waals surface area contributed by atoms with Gasteiger partial charge in [0.05, 0.1) is 0 Å². The molecule has 0 aromatic carbocycles. The van der Waals surface area contributed by atoms with E-state index >= 15 is 0 Å². The highest BCUT2D eigenvalue weighted by atomic mass is 15.2. The van der Waals surface area contributed by atoms with Gasteiger partial charge in [0.15, 0.2) is 0 Å². The fourth-order valence-corrected chi connectivity index (χ4v) is 1.78. The molecule has 0 radical (unpaired) electrons. The molecule has 0 aliphatic heterocycles. The number of nitrogens with zero attached hydrogens (tertiary/aromatic N) is 3. The Labute approximate surface area is 111 Å². The van der Waals surface area contributed by atoms with Crippen molar-refractivity contribution < 1.29 is 0 Å². The Hall–Kier alpha value is -1.32. The normalized spacial score (nSPS) is 13.3. The minimum Gasteiger partial charge on any atom is -0.370 e. The number of hydrogen-bond acceptors (Lipinski definition) is 4. The first-order valence-corrected chi connectivity index (χ1v) is 6.58. The van der Waals surface area contributed by atoms with Crippen LogP contribution < -0.4 is 10.2 Å². The summed E-state index contributed by atoms with van der Waals surface area (Å²) in [5.41, 5.74) is 0.214. The lowest BCUT2D eigenvalue weighted by molar-refractivity contribution is 0.328. The molecule has 0 bridgehead atoms. The minimum atomic E-state index is 0.214. The molecule has 0 saturated heterocycles. The molecule has 4 nitrogen and oxygen atoms in total. The largest absolute Gasteiger partial charge is 0.370 e. The first-order valence-electron chi connectivity index (χ1n) is 6.58. The van der Waals surface area contributed by atoms with E-state index in [4.69, 9.17) is 0 Å². The molecule has 1 N–H and O–H groups in total. The average Bonchev–Trinajstić information content (AvgIpc) is 2.25. The third kappa shape index (κ3) is 3.59. The smallest absolute Gasteiger partial charge is 0.134 e. The second-order valence-corrected chi connectivity index (χ2v) is 5.84. The van der Waals surface area contributed by atoms with Crippen molar-refractivity contribution in [1.82, 2.24) is 9.97 Å². The van der Waals surface area contributed by atoms with Crippen molar-refractivity contribution in [3.8, 4) is 0 Å². The molecule has 0 saturated carbocycles. The molecule has 4 heteroatoms. The van der Waals surface area contributed by atoms with Gasteiger partial charge in [-0.2, -0.15) is 0 Å². The Morgan fingerprint density at radius 3 is 2.44 bits per heavy atom. The molecule has 0 spiro atoms. The molecule has 1 atom stereocenters. The lowest BCUT2D eigenvalue weighted by Gasteiger charge is -2.36. The van der Waals surface area contributed by atoms with Crippen LogP contribution >= 0.6 is 0 Å². The van der Waals surface area contributed by atoms with Crippen LogP contribution in [0.5, 0.6) is 0 Å². The maximum atomic E-state index is 4.53. The molecule has 1 rings (SSSR count). The van der Waals surface area contributed by atoms with Gasteiger partial charge < -0.3 is 10.2 Å². The van der Waals surface area contributed by atoms with Crippen LogP contribution in [0.1, 0.15) is 40.4 Å². The molecule has 102 valence electrons. The summed E-state index contributed by atoms with van der Waals surface area (Å²) in [4.78, 5) is 11.1. The highest BCUT2D eigenvalue weighted by Crippen LogP contribution is 2.27. The minimum absolute atomic E-state index is 0.214. The maximum Gasteiger partial charge on any atom is 0.134 e. The highest BCUT2D eigenvalue weighted by Gasteiger charge is 2.25. The van der Waals surface area contributed by atoms with E-state index in [1.807, 2.05) is 13.0 Å². The van der Waals surface area contributed by atoms with Crippen LogP contribution in [0.15, 0.2) is 6.07 Å². The Morgan fingerprint density at radius 2 is 1.94 bits per heavy atom. The molecule has 1 heterocycles. The SMILES string of the molecule is CCNc1cc(N(C)C(C)C(C)(C)C)nc(C)n1. The van der Waals surface area contributed by atoms with Gasteiger partial charge in [0.1, 0.15) is 17.5 Å². The number of nitrogens with one attached hydrogen (secondary N) is 1. The van der Waals surface area contributed by atoms with E-state index in [9.17, 15) is 0 Å². The zero-order chi connectivity index (χ0) is 13.9. The second kappa shape index (κ2) is 5.55. The quantitative estimate of drug-likeness (QED) is 0.891. The van der Waals surface area contributed by atoms with Crippen LogP contribution in [-0.4, -0.2) is 29.6 Å². The molecule has 0 amide bonds. The van der Waals surface area contributed by atoms with Crippen molar-refractivity contribution in [3.05, 3.63) is 11.9 Å². The van der Waals surface area contributed by atoms with Crippen molar-refractivity contribution >= 4 is 11.6 Å². The molecule has 1 aromatic heterocycles. The van der Waals surface area contributed by atoms with Crippen molar-refractivity contribution in [3.63, 3.8) is 0 Å². The number of aromatic nitrogens is 2. The van der Waals surface area contributed by atoms with Gasteiger partial charge in [0.25, 0.3) is 0 Å². The number of aryl methyl sites for hydroxylation is 1. The van der Waals surface area contributed by atoms with Crippen LogP contribution in [0, 0.1) is 12.3 Å². The summed E-state index contributed by atoms with van der Waals surface area (Å²) < 4.78 is 0. The average molecular weight is 250 g/mol. The van der Waals surface area contributed by atoms with Crippen molar-refractivity contribution in [2.45, 2.75) is 47.6 Å². The molecule has 0 fully saturated rings. The van der Waals surface area contributed by atoms with E-state index < -0.39 is 0 Å². The predicted molar refractivity (Wildman–Crippen MR) is 78.3 cm³/mol. The Morgan fingerprint density at radius 1 is 1.33 bits per heavy atom. The zero-order valence-electron chi connectivity index (χ0n) is 12.7. The first-order chi connectivity index (χ1) is 8.25. The summed E-state index contributed by atoms with van der Waals surface area (Å²) in [5, 5.41) is 3.24. The van der Waals surface area contributed by atoms with E-state index in [1.165, 1.54) is 0 Å². The molecule has 18 heavy (non-hydrogen) atoms. The highest BCUT2D eigenvalue weighted by molar-refractivity contribution is 5.49. The fourth-order valence-electron chi connectivity index (χ4n) is 1.78. The maximum absolute atomic E-state index is 4.53. The van der Waals surface area contributed by atoms with Crippen molar-refractivity contribution in [1.29, 1.82) is 0 Å². The third-order valence-corrected chi connectivity index (χ3v) is 3.38. The van der Waals surface area contributed by atoms with Crippen molar-refractivity contribution in [2.24, 2.45) is 5.41 Å². The molecule has 0 aliphatic carbocycles. The second-order valence-electron chi connectivity index (χ2n) is 5.84. The molecular formula is C14H26N4. The predicted octanol–water partition coefficient (Wildman–Crippen LogP) is 3.09. The van der Waals surface area contributed by atoms with Crippen LogP contribution in [0.25, 0.3) is 0 Å². The zero-order valence-corrected chi connectivity index (χ0v) is 12.7. The number of hydrogen-bond donors (Lipinski definition) is 1. The van der Waals surface area contributed by atoms with E-state index in [1.54, 1.807) is 0 Å². The van der Waals surface area contributed by atoms with E-state index in [2.05, 4.69) is 61.9 Å². The summed E-state index contributed by atoms with van der Waals surface area (Å²) in [6.45, 7) is 13.8. The monoisotopic (exact) mass is 250 g/mol. The van der Waals surface area contributed by atoms with Gasteiger partial charge in [-0.25, -0.2) is 9.97 Å². The summed E-state index contributed by atoms with van der Waals surface area (Å²) in [7, 11) is 2.09. The van der Waals surface area contributed by atoms with Crippen LogP contribution in [0.3, 0.4) is 0 Å². The molecule has 1 unspecified atom stereocenters. The summed E-state index contributed by atoms with van der Waals surface area (Å²) in [5.74, 6) is 2.67. The van der Waals surface area contributed by atoms with Gasteiger partial charge in [0, 0.05) is 25.7 Å². The molecule has 1 aromatic rings. The summed E-state index contributed by atoms with van der Waals surface area (Å²) in [6.07, 6.45) is 0. The fraction of sp³-hybridized carbons (Fsp3) is 0.714. The topological polar surface area (TPSA) is 41.0 Å². The Balaban J connectivity index is 3.01. The van der Waals surface area contributed by atoms with Gasteiger partial charge >= 0.3 is 0 Å². The molecule has 0 aliphatic rings. The number of anilines is 2. The Kier molecular flexibility index (Phi) is 4.54. The van der Waals surface area contributed by atoms with Crippen LogP contribution in [0.2, 0.25) is 0 Å². The standard InChI is InChI=1S/C14H26N4/c1-8-15-12-9-13(17-11(3)16-12)18(7)10(2)14(4,5)6/h9-10H,8H2,1-7H3,(H,15,16,17). The number of rotatable bonds is 4. The van der Waals surface area contributed by atoms with Crippen molar-refractivity contribution in [2.75, 3.05) is 23.8 Å². The third-order valence-electron chi connectivity index (χ3n) is 3.38. The van der Waals surface area contributed by atoms with E-state index in [0.717, 1.165) is 24.0 Å². The van der Waals surface area contributed by atoms with E-state index in [-0.39, 0.29) is 5.41 Å². The van der Waals surface area contributed by atoms with Crippen LogP contribution in [0.4, 0.5) is 11.6 Å². The Bertz CT molecular complexity index is 395. The lowest BCUT2D eigenvalue weighted by atomic mass is 9.87. The first kappa shape index (κ1) is 14.7.